The Bertz CT molecular complexity index is 1390. The number of aromatic nitrogens is 2. The summed E-state index contributed by atoms with van der Waals surface area (Å²) in [5, 5.41) is 6.31. The van der Waals surface area contributed by atoms with Crippen molar-refractivity contribution in [2.24, 2.45) is 5.92 Å². The normalized spacial score (nSPS) is 17.0. The van der Waals surface area contributed by atoms with Crippen LogP contribution in [0.1, 0.15) is 6.42 Å². The number of likely N-dealkylation sites (tertiary alicyclic amines) is 1. The molecule has 0 unspecified atom stereocenters. The molecule has 0 spiro atoms. The van der Waals surface area contributed by atoms with E-state index in [1.165, 1.54) is 12.4 Å². The molecule has 5 rings (SSSR count). The number of rotatable bonds is 9. The molecule has 3 aromatic rings. The first kappa shape index (κ1) is 28.9. The van der Waals surface area contributed by atoms with Crippen LogP contribution in [0.4, 0.5) is 33.5 Å². The Balaban J connectivity index is 1.35. The van der Waals surface area contributed by atoms with Crippen molar-refractivity contribution < 1.29 is 14.3 Å². The highest BCUT2D eigenvalue weighted by Gasteiger charge is 2.29. The molecule has 11 nitrogen and oxygen atoms in total. The van der Waals surface area contributed by atoms with Crippen molar-refractivity contribution in [1.29, 1.82) is 0 Å². The summed E-state index contributed by atoms with van der Waals surface area (Å²) in [7, 11) is 3.79. The quantitative estimate of drug-likeness (QED) is 0.371. The number of nitrogens with zero attached hydrogens (tertiary/aromatic N) is 6. The van der Waals surface area contributed by atoms with Crippen LogP contribution in [0.25, 0.3) is 0 Å². The van der Waals surface area contributed by atoms with E-state index in [0.29, 0.717) is 42.7 Å². The Morgan fingerprint density at radius 1 is 1.07 bits per heavy atom. The lowest BCUT2D eigenvalue weighted by Gasteiger charge is -2.34. The second kappa shape index (κ2) is 13.3. The molecule has 2 N–H and O–H groups in total. The highest BCUT2D eigenvalue weighted by atomic mass is 16.5. The molecule has 2 aliphatic rings. The maximum Gasteiger partial charge on any atom is 0.327 e. The number of nitrogens with one attached hydrogen (secondary N) is 2. The Kier molecular flexibility index (Phi) is 9.18. The Morgan fingerprint density at radius 2 is 1.86 bits per heavy atom. The maximum atomic E-state index is 13.6. The molecule has 3 amide bonds. The molecule has 2 fully saturated rings. The molecule has 11 heteroatoms. The predicted molar refractivity (Wildman–Crippen MR) is 166 cm³/mol. The number of amides is 3. The summed E-state index contributed by atoms with van der Waals surface area (Å²) in [6, 6.07) is 16.8. The minimum atomic E-state index is -0.312. The fraction of sp³-hybridized carbons (Fsp3) is 0.355. The van der Waals surface area contributed by atoms with Gasteiger partial charge in [0.1, 0.15) is 23.7 Å². The predicted octanol–water partition coefficient (Wildman–Crippen LogP) is 4.05. The van der Waals surface area contributed by atoms with Gasteiger partial charge in [-0.15, -0.1) is 0 Å². The van der Waals surface area contributed by atoms with E-state index >= 15 is 0 Å². The van der Waals surface area contributed by atoms with E-state index < -0.39 is 0 Å². The van der Waals surface area contributed by atoms with Crippen LogP contribution in [0.15, 0.2) is 73.6 Å². The molecular formula is C31H38N8O3. The van der Waals surface area contributed by atoms with Crippen molar-refractivity contribution in [3.8, 4) is 5.75 Å². The third kappa shape index (κ3) is 6.98. The van der Waals surface area contributed by atoms with Crippen molar-refractivity contribution in [3.63, 3.8) is 0 Å². The van der Waals surface area contributed by atoms with Gasteiger partial charge in [0.15, 0.2) is 0 Å². The zero-order chi connectivity index (χ0) is 29.5. The van der Waals surface area contributed by atoms with Gasteiger partial charge >= 0.3 is 6.03 Å². The number of hydrogen-bond donors (Lipinski definition) is 2. The van der Waals surface area contributed by atoms with E-state index in [0.717, 1.165) is 44.0 Å². The van der Waals surface area contributed by atoms with Gasteiger partial charge in [0.25, 0.3) is 0 Å². The van der Waals surface area contributed by atoms with Gasteiger partial charge in [0.2, 0.25) is 5.91 Å². The fourth-order valence-corrected chi connectivity index (χ4v) is 5.31. The molecule has 0 aliphatic carbocycles. The van der Waals surface area contributed by atoms with Crippen LogP contribution in [-0.4, -0.2) is 91.7 Å². The number of methoxy groups -OCH3 is 1. The van der Waals surface area contributed by atoms with E-state index in [-0.39, 0.29) is 17.9 Å². The number of piperazine rings is 1. The molecule has 1 atom stereocenters. The maximum absolute atomic E-state index is 13.6. The third-order valence-corrected chi connectivity index (χ3v) is 7.73. The monoisotopic (exact) mass is 570 g/mol. The molecule has 2 saturated heterocycles. The summed E-state index contributed by atoms with van der Waals surface area (Å²) >= 11 is 0. The Hall–Kier alpha value is -4.64. The third-order valence-electron chi connectivity index (χ3n) is 7.73. The fourth-order valence-electron chi connectivity index (χ4n) is 5.31. The molecule has 0 radical (unpaired) electrons. The topological polar surface area (TPSA) is 106 Å². The molecule has 220 valence electrons. The standard InChI is InChI=1S/C31H38N8O3/c1-4-30(40)38-13-12-23(20-38)21-39(31(41)34-24-8-6-5-7-9-24)29-19-28(32-22-33-29)35-26-11-10-25(18-27(26)42-3)37-16-14-36(2)15-17-37/h4-11,18-19,22-23H,1,12-17,20-21H2,2-3H3,(H,34,41)(H,32,33,35)/t23-/m1/s1. The molecule has 2 aliphatic heterocycles. The van der Waals surface area contributed by atoms with E-state index in [1.54, 1.807) is 23.0 Å². The number of likely N-dealkylation sites (N-methyl/N-ethyl adjacent to an activating group) is 1. The van der Waals surface area contributed by atoms with Gasteiger partial charge in [0.05, 0.1) is 12.8 Å². The van der Waals surface area contributed by atoms with Gasteiger partial charge in [-0.2, -0.15) is 0 Å². The van der Waals surface area contributed by atoms with Crippen molar-refractivity contribution in [2.45, 2.75) is 6.42 Å². The van der Waals surface area contributed by atoms with Crippen molar-refractivity contribution >= 4 is 40.6 Å². The highest BCUT2D eigenvalue weighted by molar-refractivity contribution is 6.01. The summed E-state index contributed by atoms with van der Waals surface area (Å²) in [5.41, 5.74) is 2.55. The average Bonchev–Trinajstić information content (AvgIpc) is 3.49. The van der Waals surface area contributed by atoms with Gasteiger partial charge in [-0.1, -0.05) is 24.8 Å². The molecule has 3 heterocycles. The lowest BCUT2D eigenvalue weighted by atomic mass is 10.1. The molecule has 1 aromatic heterocycles. The van der Waals surface area contributed by atoms with E-state index in [1.807, 2.05) is 42.5 Å². The molecule has 0 bridgehead atoms. The van der Waals surface area contributed by atoms with Crippen LogP contribution in [0.3, 0.4) is 0 Å². The summed E-state index contributed by atoms with van der Waals surface area (Å²) in [6.45, 7) is 9.12. The largest absolute Gasteiger partial charge is 0.494 e. The lowest BCUT2D eigenvalue weighted by Crippen LogP contribution is -2.44. The Morgan fingerprint density at radius 3 is 2.60 bits per heavy atom. The smallest absolute Gasteiger partial charge is 0.327 e. The minimum absolute atomic E-state index is 0.0870. The number of anilines is 5. The second-order valence-corrected chi connectivity index (χ2v) is 10.6. The summed E-state index contributed by atoms with van der Waals surface area (Å²) in [6.07, 6.45) is 3.55. The average molecular weight is 571 g/mol. The van der Waals surface area contributed by atoms with Gasteiger partial charge in [0, 0.05) is 69.3 Å². The second-order valence-electron chi connectivity index (χ2n) is 10.6. The van der Waals surface area contributed by atoms with E-state index in [4.69, 9.17) is 4.74 Å². The van der Waals surface area contributed by atoms with Gasteiger partial charge in [-0.3, -0.25) is 9.69 Å². The van der Waals surface area contributed by atoms with Crippen LogP contribution in [-0.2, 0) is 4.79 Å². The van der Waals surface area contributed by atoms with Gasteiger partial charge in [-0.05, 0) is 49.7 Å². The number of carbonyl (C=O) groups is 2. The Labute approximate surface area is 246 Å². The number of benzene rings is 2. The summed E-state index contributed by atoms with van der Waals surface area (Å²) in [4.78, 5) is 42.6. The van der Waals surface area contributed by atoms with Crippen LogP contribution in [0.2, 0.25) is 0 Å². The SMILES string of the molecule is C=CC(=O)N1CC[C@@H](CN(C(=O)Nc2ccccc2)c2cc(Nc3ccc(N4CCN(C)CC4)cc3OC)ncn2)C1. The molecule has 42 heavy (non-hydrogen) atoms. The first-order valence-corrected chi connectivity index (χ1v) is 14.2. The molecular weight excluding hydrogens is 532 g/mol. The van der Waals surface area contributed by atoms with Crippen LogP contribution in [0, 0.1) is 5.92 Å². The number of ether oxygens (including phenoxy) is 1. The van der Waals surface area contributed by atoms with Crippen molar-refractivity contribution in [2.75, 3.05) is 80.4 Å². The number of carbonyl (C=O) groups excluding carboxylic acids is 2. The van der Waals surface area contributed by atoms with Crippen molar-refractivity contribution in [1.82, 2.24) is 19.8 Å². The van der Waals surface area contributed by atoms with E-state index in [2.05, 4.69) is 50.1 Å². The first-order valence-electron chi connectivity index (χ1n) is 14.2. The minimum Gasteiger partial charge on any atom is -0.494 e. The van der Waals surface area contributed by atoms with Crippen LogP contribution >= 0.6 is 0 Å². The zero-order valence-electron chi connectivity index (χ0n) is 24.2. The van der Waals surface area contributed by atoms with Gasteiger partial charge in [-0.25, -0.2) is 14.8 Å². The molecule has 0 saturated carbocycles. The highest BCUT2D eigenvalue weighted by Crippen LogP contribution is 2.33. The van der Waals surface area contributed by atoms with Gasteiger partial charge < -0.3 is 30.1 Å². The number of urea groups is 1. The summed E-state index contributed by atoms with van der Waals surface area (Å²) < 4.78 is 5.72. The number of para-hydroxylation sites is 1. The van der Waals surface area contributed by atoms with Crippen LogP contribution in [0.5, 0.6) is 5.75 Å². The summed E-state index contributed by atoms with van der Waals surface area (Å²) in [5.74, 6) is 1.66. The van der Waals surface area contributed by atoms with Crippen LogP contribution < -0.4 is 25.2 Å². The number of hydrogen-bond acceptors (Lipinski definition) is 8. The first-order chi connectivity index (χ1) is 20.4. The zero-order valence-corrected chi connectivity index (χ0v) is 24.2. The van der Waals surface area contributed by atoms with E-state index in [9.17, 15) is 9.59 Å². The lowest BCUT2D eigenvalue weighted by molar-refractivity contribution is -0.125. The molecule has 2 aromatic carbocycles. The van der Waals surface area contributed by atoms with Crippen molar-refractivity contribution in [3.05, 3.63) is 73.6 Å².